The summed E-state index contributed by atoms with van der Waals surface area (Å²) in [5, 5.41) is 0. The molecule has 0 unspecified atom stereocenters. The van der Waals surface area contributed by atoms with E-state index in [-0.39, 0.29) is 5.97 Å². The molecule has 0 aromatic rings. The van der Waals surface area contributed by atoms with Gasteiger partial charge in [-0.25, -0.2) is 4.79 Å². The van der Waals surface area contributed by atoms with Crippen molar-refractivity contribution in [2.75, 3.05) is 0 Å². The third kappa shape index (κ3) is 20.5. The lowest BCUT2D eigenvalue weighted by Gasteiger charge is -2.16. The third-order valence-electron chi connectivity index (χ3n) is 3.23. The van der Waals surface area contributed by atoms with Crippen molar-refractivity contribution >= 4 is 45.2 Å². The summed E-state index contributed by atoms with van der Waals surface area (Å²) in [7, 11) is 0. The Kier molecular flexibility index (Phi) is 13.1. The van der Waals surface area contributed by atoms with E-state index >= 15 is 0 Å². The third-order valence-corrected chi connectivity index (χ3v) is 5.85. The van der Waals surface area contributed by atoms with Crippen LogP contribution in [0.4, 0.5) is 0 Å². The number of rotatable bonds is 13. The van der Waals surface area contributed by atoms with Gasteiger partial charge in [0.05, 0.1) is 0 Å². The smallest absolute Gasteiger partial charge is 0.298 e. The molecule has 0 heterocycles. The number of carbonyl (C=O) groups is 1. The van der Waals surface area contributed by atoms with Gasteiger partial charge < -0.3 is 0 Å². The molecule has 0 spiro atoms. The van der Waals surface area contributed by atoms with Gasteiger partial charge in [0.1, 0.15) is 5.60 Å². The summed E-state index contributed by atoms with van der Waals surface area (Å²) >= 11 is 17.5. The second-order valence-corrected chi connectivity index (χ2v) is 16.2. The lowest BCUT2D eigenvalue weighted by atomic mass is 10.1. The van der Waals surface area contributed by atoms with Crippen LogP contribution in [-0.4, -0.2) is 17.6 Å². The first-order chi connectivity index (χ1) is 10.6. The van der Waals surface area contributed by atoms with E-state index in [2.05, 4.69) is 0 Å². The Morgan fingerprint density at radius 3 is 1.70 bits per heavy atom. The first-order valence-electron chi connectivity index (χ1n) is 8.55. The van der Waals surface area contributed by atoms with Gasteiger partial charge in [0.15, 0.2) is 0 Å². The van der Waals surface area contributed by atoms with E-state index in [9.17, 15) is 4.79 Å². The van der Waals surface area contributed by atoms with Crippen molar-refractivity contribution in [1.29, 1.82) is 0 Å². The van der Waals surface area contributed by atoms with Crippen LogP contribution in [0.5, 0.6) is 0 Å². The first-order valence-corrected chi connectivity index (χ1v) is 13.8. The average molecular weight is 406 g/mol. The second-order valence-electron chi connectivity index (χ2n) is 6.95. The number of hydrogen-bond acceptors (Lipinski definition) is 3. The largest absolute Gasteiger partial charge is 0.342 e. The van der Waals surface area contributed by atoms with Crippen LogP contribution in [0.2, 0.25) is 6.04 Å². The van der Waals surface area contributed by atoms with Gasteiger partial charge in [0.2, 0.25) is 0 Å². The van der Waals surface area contributed by atoms with Crippen molar-refractivity contribution in [2.24, 2.45) is 0 Å². The van der Waals surface area contributed by atoms with Crippen LogP contribution in [-0.2, 0) is 14.6 Å². The summed E-state index contributed by atoms with van der Waals surface area (Å²) in [5.74, 6) is -0.280. The minimum Gasteiger partial charge on any atom is -0.298 e. The molecule has 138 valence electrons. The summed E-state index contributed by atoms with van der Waals surface area (Å²) < 4.78 is 0. The lowest BCUT2D eigenvalue weighted by Crippen LogP contribution is -2.21. The molecule has 0 fully saturated rings. The first kappa shape index (κ1) is 23.5. The Hall–Kier alpha value is 0.517. The molecule has 0 amide bonds. The van der Waals surface area contributed by atoms with Gasteiger partial charge >= 0.3 is 12.0 Å². The number of halogens is 3. The van der Waals surface area contributed by atoms with E-state index < -0.39 is 11.6 Å². The molecule has 7 heteroatoms. The van der Waals surface area contributed by atoms with Crippen LogP contribution < -0.4 is 0 Å². The van der Waals surface area contributed by atoms with Gasteiger partial charge in [0.25, 0.3) is 0 Å². The zero-order valence-corrected chi connectivity index (χ0v) is 17.9. The van der Waals surface area contributed by atoms with Crippen LogP contribution in [0.3, 0.4) is 0 Å². The predicted octanol–water partition coefficient (Wildman–Crippen LogP) is 6.82. The maximum Gasteiger partial charge on any atom is 0.342 e. The summed E-state index contributed by atoms with van der Waals surface area (Å²) in [6, 6.07) is -1.63. The molecule has 0 aliphatic carbocycles. The van der Waals surface area contributed by atoms with Crippen LogP contribution in [0, 0.1) is 0 Å². The van der Waals surface area contributed by atoms with Gasteiger partial charge in [-0.1, -0.05) is 51.4 Å². The highest BCUT2D eigenvalue weighted by Crippen LogP contribution is 2.27. The van der Waals surface area contributed by atoms with Gasteiger partial charge in [0, 0.05) is 6.42 Å². The molecule has 0 saturated heterocycles. The van der Waals surface area contributed by atoms with Crippen molar-refractivity contribution in [3.8, 4) is 0 Å². The molecule has 0 radical (unpaired) electrons. The maximum absolute atomic E-state index is 11.4. The highest BCUT2D eigenvalue weighted by Gasteiger charge is 2.23. The van der Waals surface area contributed by atoms with E-state index in [4.69, 9.17) is 43.0 Å². The van der Waals surface area contributed by atoms with Crippen LogP contribution in [0.1, 0.15) is 85.0 Å². The summed E-state index contributed by atoms with van der Waals surface area (Å²) in [4.78, 5) is 21.2. The van der Waals surface area contributed by atoms with Gasteiger partial charge in [-0.05, 0) is 33.2 Å². The van der Waals surface area contributed by atoms with Crippen molar-refractivity contribution in [2.45, 2.75) is 96.6 Å². The van der Waals surface area contributed by atoms with Crippen molar-refractivity contribution in [3.63, 3.8) is 0 Å². The minimum absolute atomic E-state index is 0.280. The second kappa shape index (κ2) is 12.8. The van der Waals surface area contributed by atoms with Crippen molar-refractivity contribution in [1.82, 2.24) is 0 Å². The van der Waals surface area contributed by atoms with Gasteiger partial charge in [-0.15, -0.1) is 33.2 Å². The summed E-state index contributed by atoms with van der Waals surface area (Å²) in [6.45, 7) is 5.54. The van der Waals surface area contributed by atoms with E-state index in [0.717, 1.165) is 38.1 Å². The molecule has 0 atom stereocenters. The van der Waals surface area contributed by atoms with Gasteiger partial charge in [-0.2, -0.15) is 4.89 Å². The molecule has 0 aliphatic heterocycles. The predicted molar refractivity (Wildman–Crippen MR) is 101 cm³/mol. The van der Waals surface area contributed by atoms with Gasteiger partial charge in [-0.3, -0.25) is 4.89 Å². The van der Waals surface area contributed by atoms with Crippen molar-refractivity contribution in [3.05, 3.63) is 0 Å². The van der Waals surface area contributed by atoms with Crippen LogP contribution >= 0.6 is 33.2 Å². The van der Waals surface area contributed by atoms with E-state index in [0.29, 0.717) is 6.42 Å². The SMILES string of the molecule is CC(C)(C)OOC(=O)CCCCCCCCCCC[Si](Cl)(Cl)Cl. The zero-order chi connectivity index (χ0) is 17.8. The standard InChI is InChI=1S/C16H31Cl3O3Si/c1-16(2,3)22-21-15(20)13-11-9-7-5-4-6-8-10-12-14-23(17,18)19/h4-14H2,1-3H3. The fourth-order valence-electron chi connectivity index (χ4n) is 2.05. The fraction of sp³-hybridized carbons (Fsp3) is 0.938. The van der Waals surface area contributed by atoms with E-state index in [1.54, 1.807) is 0 Å². The molecule has 0 aliphatic rings. The quantitative estimate of drug-likeness (QED) is 0.111. The summed E-state index contributed by atoms with van der Waals surface area (Å²) in [6.07, 6.45) is 10.6. The Morgan fingerprint density at radius 2 is 1.26 bits per heavy atom. The number of carbonyl (C=O) groups excluding carboxylic acids is 1. The molecule has 23 heavy (non-hydrogen) atoms. The number of unbranched alkanes of at least 4 members (excludes halogenated alkanes) is 8. The topological polar surface area (TPSA) is 35.5 Å². The molecule has 3 nitrogen and oxygen atoms in total. The van der Waals surface area contributed by atoms with Crippen LogP contribution in [0.15, 0.2) is 0 Å². The Labute approximate surface area is 156 Å². The Morgan fingerprint density at radius 1 is 0.826 bits per heavy atom. The van der Waals surface area contributed by atoms with E-state index in [1.165, 1.54) is 25.7 Å². The molecule has 0 bridgehead atoms. The summed E-state index contributed by atoms with van der Waals surface area (Å²) in [5.41, 5.74) is -0.448. The molecular formula is C16H31Cl3O3Si. The molecule has 0 aromatic carbocycles. The minimum atomic E-state index is -2.40. The average Bonchev–Trinajstić information content (AvgIpc) is 2.40. The molecule has 0 aromatic heterocycles. The number of hydrogen-bond donors (Lipinski definition) is 0. The monoisotopic (exact) mass is 404 g/mol. The molecule has 0 saturated carbocycles. The fourth-order valence-corrected chi connectivity index (χ4v) is 3.90. The Bertz CT molecular complexity index is 315. The lowest BCUT2D eigenvalue weighted by molar-refractivity contribution is -0.320. The van der Waals surface area contributed by atoms with E-state index in [1.807, 2.05) is 20.8 Å². The van der Waals surface area contributed by atoms with Crippen molar-refractivity contribution < 1.29 is 14.6 Å². The maximum atomic E-state index is 11.4. The highest BCUT2D eigenvalue weighted by molar-refractivity contribution is 7.64. The molecule has 0 N–H and O–H groups in total. The normalized spacial score (nSPS) is 12.4. The molecular weight excluding hydrogens is 375 g/mol. The highest BCUT2D eigenvalue weighted by atomic mass is 35.8. The Balaban J connectivity index is 3.26. The molecule has 0 rings (SSSR count). The zero-order valence-electron chi connectivity index (χ0n) is 14.6. The van der Waals surface area contributed by atoms with Crippen LogP contribution in [0.25, 0.3) is 0 Å².